The minimum atomic E-state index is -0.330. The van der Waals surface area contributed by atoms with E-state index in [1.165, 1.54) is 12.8 Å². The highest BCUT2D eigenvalue weighted by molar-refractivity contribution is 5.67. The van der Waals surface area contributed by atoms with E-state index in [9.17, 15) is 4.79 Å². The highest BCUT2D eigenvalue weighted by Gasteiger charge is 2.24. The van der Waals surface area contributed by atoms with Crippen LogP contribution in [0.5, 0.6) is 0 Å². The molecule has 1 heterocycles. The van der Waals surface area contributed by atoms with Gasteiger partial charge in [-0.15, -0.1) is 0 Å². The van der Waals surface area contributed by atoms with Crippen LogP contribution in [0.1, 0.15) is 32.3 Å². The third-order valence-corrected chi connectivity index (χ3v) is 4.05. The van der Waals surface area contributed by atoms with Crippen molar-refractivity contribution in [3.8, 4) is 0 Å². The Morgan fingerprint density at radius 3 is 2.52 bits per heavy atom. The number of ether oxygens (including phenoxy) is 1. The molecule has 0 aromatic heterocycles. The van der Waals surface area contributed by atoms with Crippen LogP contribution in [0.4, 0.5) is 4.79 Å². The molecular formula is C17H26N2O2. The summed E-state index contributed by atoms with van der Waals surface area (Å²) >= 11 is 0. The van der Waals surface area contributed by atoms with E-state index in [1.807, 2.05) is 30.3 Å². The van der Waals surface area contributed by atoms with Gasteiger partial charge in [0.1, 0.15) is 6.61 Å². The van der Waals surface area contributed by atoms with Crippen molar-refractivity contribution in [2.75, 3.05) is 19.6 Å². The lowest BCUT2D eigenvalue weighted by Gasteiger charge is -2.30. The molecule has 0 bridgehead atoms. The van der Waals surface area contributed by atoms with Crippen LogP contribution in [-0.4, -0.2) is 36.7 Å². The molecule has 21 heavy (non-hydrogen) atoms. The number of nitrogens with zero attached hydrogens (tertiary/aromatic N) is 1. The molecule has 4 heteroatoms. The average Bonchev–Trinajstić information content (AvgIpc) is 3.00. The van der Waals surface area contributed by atoms with Crippen LogP contribution in [0.2, 0.25) is 0 Å². The first kappa shape index (κ1) is 15.8. The Balaban J connectivity index is 1.74. The Morgan fingerprint density at radius 2 is 1.90 bits per heavy atom. The number of nitrogens with one attached hydrogen (secondary N) is 1. The number of carbonyl (C=O) groups is 1. The zero-order valence-electron chi connectivity index (χ0n) is 13.0. The van der Waals surface area contributed by atoms with Gasteiger partial charge in [0.2, 0.25) is 0 Å². The van der Waals surface area contributed by atoms with Crippen molar-refractivity contribution < 1.29 is 9.53 Å². The molecule has 4 nitrogen and oxygen atoms in total. The van der Waals surface area contributed by atoms with E-state index in [2.05, 4.69) is 24.1 Å². The van der Waals surface area contributed by atoms with Gasteiger partial charge in [-0.2, -0.15) is 0 Å². The first-order valence-corrected chi connectivity index (χ1v) is 7.85. The summed E-state index contributed by atoms with van der Waals surface area (Å²) in [4.78, 5) is 14.3. The maximum atomic E-state index is 11.8. The van der Waals surface area contributed by atoms with Gasteiger partial charge in [0, 0.05) is 12.6 Å². The van der Waals surface area contributed by atoms with Gasteiger partial charge in [-0.1, -0.05) is 44.2 Å². The van der Waals surface area contributed by atoms with Crippen LogP contribution in [-0.2, 0) is 11.3 Å². The fourth-order valence-corrected chi connectivity index (χ4v) is 2.82. The van der Waals surface area contributed by atoms with Crippen molar-refractivity contribution in [3.63, 3.8) is 0 Å². The standard InChI is InChI=1S/C17H26N2O2/c1-14(2)16(19-10-6-7-11-19)12-18-17(20)21-13-15-8-4-3-5-9-15/h3-5,8-9,14,16H,6-7,10-13H2,1-2H3,(H,18,20). The minimum Gasteiger partial charge on any atom is -0.445 e. The SMILES string of the molecule is CC(C)C(CNC(=O)OCc1ccccc1)N1CCCC1. The third-order valence-electron chi connectivity index (χ3n) is 4.05. The zero-order valence-corrected chi connectivity index (χ0v) is 13.0. The second-order valence-corrected chi connectivity index (χ2v) is 6.00. The summed E-state index contributed by atoms with van der Waals surface area (Å²) in [6, 6.07) is 10.1. The van der Waals surface area contributed by atoms with E-state index < -0.39 is 0 Å². The van der Waals surface area contributed by atoms with Gasteiger partial charge >= 0.3 is 6.09 Å². The zero-order chi connectivity index (χ0) is 15.1. The van der Waals surface area contributed by atoms with Crippen LogP contribution in [0.25, 0.3) is 0 Å². The average molecular weight is 290 g/mol. The summed E-state index contributed by atoms with van der Waals surface area (Å²) in [5.41, 5.74) is 1.01. The quantitative estimate of drug-likeness (QED) is 0.875. The maximum absolute atomic E-state index is 11.8. The first-order chi connectivity index (χ1) is 10.2. The van der Waals surface area contributed by atoms with Gasteiger partial charge < -0.3 is 10.1 Å². The molecular weight excluding hydrogens is 264 g/mol. The predicted molar refractivity (Wildman–Crippen MR) is 84.1 cm³/mol. The minimum absolute atomic E-state index is 0.322. The molecule has 1 aromatic carbocycles. The summed E-state index contributed by atoms with van der Waals surface area (Å²) in [6.45, 7) is 7.68. The van der Waals surface area contributed by atoms with Gasteiger partial charge in [0.25, 0.3) is 0 Å². The fraction of sp³-hybridized carbons (Fsp3) is 0.588. The van der Waals surface area contributed by atoms with E-state index in [-0.39, 0.29) is 6.09 Å². The Labute approximate surface area is 127 Å². The topological polar surface area (TPSA) is 41.6 Å². The van der Waals surface area contributed by atoms with Crippen LogP contribution in [0.3, 0.4) is 0 Å². The van der Waals surface area contributed by atoms with Crippen LogP contribution < -0.4 is 5.32 Å². The molecule has 0 aliphatic carbocycles. The predicted octanol–water partition coefficient (Wildman–Crippen LogP) is 3.03. The van der Waals surface area contributed by atoms with Gasteiger partial charge in [0.05, 0.1) is 0 Å². The molecule has 1 aliphatic rings. The molecule has 1 amide bonds. The second kappa shape index (κ2) is 8.03. The lowest BCUT2D eigenvalue weighted by atomic mass is 10.0. The Hall–Kier alpha value is -1.55. The third kappa shape index (κ3) is 5.05. The molecule has 1 N–H and O–H groups in total. The van der Waals surface area contributed by atoms with Gasteiger partial charge in [0.15, 0.2) is 0 Å². The molecule has 1 unspecified atom stereocenters. The lowest BCUT2D eigenvalue weighted by molar-refractivity contribution is 0.129. The van der Waals surface area contributed by atoms with E-state index >= 15 is 0 Å². The Bertz CT molecular complexity index is 428. The molecule has 0 spiro atoms. The lowest BCUT2D eigenvalue weighted by Crippen LogP contribution is -2.45. The molecule has 1 fully saturated rings. The molecule has 1 aromatic rings. The number of amides is 1. The van der Waals surface area contributed by atoms with Gasteiger partial charge in [-0.25, -0.2) is 4.79 Å². The highest BCUT2D eigenvalue weighted by atomic mass is 16.5. The van der Waals surface area contributed by atoms with Crippen molar-refractivity contribution in [1.29, 1.82) is 0 Å². The van der Waals surface area contributed by atoms with Crippen molar-refractivity contribution >= 4 is 6.09 Å². The van der Waals surface area contributed by atoms with Crippen molar-refractivity contribution in [1.82, 2.24) is 10.2 Å². The van der Waals surface area contributed by atoms with Gasteiger partial charge in [-0.05, 0) is 37.4 Å². The Morgan fingerprint density at radius 1 is 1.24 bits per heavy atom. The molecule has 0 radical (unpaired) electrons. The molecule has 1 aliphatic heterocycles. The largest absolute Gasteiger partial charge is 0.445 e. The van der Waals surface area contributed by atoms with Crippen molar-refractivity contribution in [2.24, 2.45) is 5.92 Å². The van der Waals surface area contributed by atoms with Crippen molar-refractivity contribution in [3.05, 3.63) is 35.9 Å². The van der Waals surface area contributed by atoms with Gasteiger partial charge in [-0.3, -0.25) is 4.90 Å². The van der Waals surface area contributed by atoms with E-state index in [4.69, 9.17) is 4.74 Å². The second-order valence-electron chi connectivity index (χ2n) is 6.00. The normalized spacial score (nSPS) is 16.9. The molecule has 1 atom stereocenters. The number of likely N-dealkylation sites (tertiary alicyclic amines) is 1. The summed E-state index contributed by atoms with van der Waals surface area (Å²) in [7, 11) is 0. The molecule has 0 saturated carbocycles. The summed E-state index contributed by atoms with van der Waals surface area (Å²) in [5, 5.41) is 2.91. The number of hydrogen-bond donors (Lipinski definition) is 1. The number of alkyl carbamates (subject to hydrolysis) is 1. The maximum Gasteiger partial charge on any atom is 0.407 e. The number of carbonyl (C=O) groups excluding carboxylic acids is 1. The summed E-state index contributed by atoms with van der Waals surface area (Å²) < 4.78 is 5.25. The highest BCUT2D eigenvalue weighted by Crippen LogP contribution is 2.17. The number of benzene rings is 1. The number of rotatable bonds is 6. The molecule has 116 valence electrons. The monoisotopic (exact) mass is 290 g/mol. The van der Waals surface area contributed by atoms with E-state index in [0.29, 0.717) is 25.1 Å². The van der Waals surface area contributed by atoms with Crippen LogP contribution in [0, 0.1) is 5.92 Å². The van der Waals surface area contributed by atoms with E-state index in [0.717, 1.165) is 18.7 Å². The summed E-state index contributed by atoms with van der Waals surface area (Å²) in [6.07, 6.45) is 2.20. The van der Waals surface area contributed by atoms with Crippen molar-refractivity contribution in [2.45, 2.75) is 39.3 Å². The fourth-order valence-electron chi connectivity index (χ4n) is 2.82. The first-order valence-electron chi connectivity index (χ1n) is 7.85. The number of hydrogen-bond acceptors (Lipinski definition) is 3. The molecule has 2 rings (SSSR count). The smallest absolute Gasteiger partial charge is 0.407 e. The Kier molecular flexibility index (Phi) is 6.05. The van der Waals surface area contributed by atoms with E-state index in [1.54, 1.807) is 0 Å². The summed E-state index contributed by atoms with van der Waals surface area (Å²) in [5.74, 6) is 0.525. The van der Waals surface area contributed by atoms with Crippen LogP contribution >= 0.6 is 0 Å². The van der Waals surface area contributed by atoms with Crippen LogP contribution in [0.15, 0.2) is 30.3 Å². The molecule has 1 saturated heterocycles.